The number of benzene rings is 2. The Morgan fingerprint density at radius 2 is 1.62 bits per heavy atom. The zero-order valence-electron chi connectivity index (χ0n) is 23.9. The number of likely N-dealkylation sites (tertiary alicyclic amines) is 1. The minimum absolute atomic E-state index is 0.0948. The second-order valence-corrected chi connectivity index (χ2v) is 11.5. The van der Waals surface area contributed by atoms with Crippen LogP contribution in [0.25, 0.3) is 0 Å². The number of piperidine rings is 1. The molecular formula is C31H35Cl2N3O6. The van der Waals surface area contributed by atoms with Crippen molar-refractivity contribution in [2.24, 2.45) is 0 Å². The van der Waals surface area contributed by atoms with Crippen LogP contribution < -0.4 is 14.2 Å². The third-order valence-electron chi connectivity index (χ3n) is 8.32. The van der Waals surface area contributed by atoms with Crippen molar-refractivity contribution >= 4 is 29.1 Å². The highest BCUT2D eigenvalue weighted by Gasteiger charge is 2.44. The highest BCUT2D eigenvalue weighted by Crippen LogP contribution is 2.42. The summed E-state index contributed by atoms with van der Waals surface area (Å²) in [6.45, 7) is 2.57. The highest BCUT2D eigenvalue weighted by molar-refractivity contribution is 6.42. The first-order valence-corrected chi connectivity index (χ1v) is 14.5. The fraction of sp³-hybridized carbons (Fsp3) is 0.419. The molecule has 0 saturated carbocycles. The topological polar surface area (TPSA) is 93.6 Å². The lowest BCUT2D eigenvalue weighted by molar-refractivity contribution is -0.0403. The molecule has 2 fully saturated rings. The summed E-state index contributed by atoms with van der Waals surface area (Å²) in [5.41, 5.74) is 0.467. The van der Waals surface area contributed by atoms with E-state index in [1.807, 2.05) is 24.3 Å². The predicted molar refractivity (Wildman–Crippen MR) is 160 cm³/mol. The lowest BCUT2D eigenvalue weighted by Gasteiger charge is -2.40. The van der Waals surface area contributed by atoms with Crippen molar-refractivity contribution in [3.05, 3.63) is 81.6 Å². The largest absolute Gasteiger partial charge is 0.493 e. The molecule has 0 bridgehead atoms. The van der Waals surface area contributed by atoms with E-state index < -0.39 is 11.2 Å². The Bertz CT molecular complexity index is 1390. The normalized spacial score (nSPS) is 20.4. The van der Waals surface area contributed by atoms with Crippen LogP contribution in [0.2, 0.25) is 10.0 Å². The van der Waals surface area contributed by atoms with Crippen LogP contribution in [0.5, 0.6) is 17.2 Å². The number of hydrogen-bond acceptors (Lipinski definition) is 8. The Balaban J connectivity index is 1.35. The van der Waals surface area contributed by atoms with Gasteiger partial charge in [-0.2, -0.15) is 0 Å². The number of carbonyl (C=O) groups is 1. The first kappa shape index (κ1) is 30.4. The molecule has 2 aromatic carbocycles. The number of halogens is 2. The van der Waals surface area contributed by atoms with Gasteiger partial charge in [0.05, 0.1) is 43.5 Å². The third-order valence-corrected chi connectivity index (χ3v) is 9.06. The zero-order valence-corrected chi connectivity index (χ0v) is 25.5. The summed E-state index contributed by atoms with van der Waals surface area (Å²) in [4.78, 5) is 21.8. The number of pyridine rings is 1. The van der Waals surface area contributed by atoms with Crippen molar-refractivity contribution in [1.82, 2.24) is 14.8 Å². The van der Waals surface area contributed by atoms with Gasteiger partial charge in [0.2, 0.25) is 5.75 Å². The molecule has 0 radical (unpaired) electrons. The van der Waals surface area contributed by atoms with Gasteiger partial charge in [-0.3, -0.25) is 9.78 Å². The van der Waals surface area contributed by atoms with Gasteiger partial charge in [-0.1, -0.05) is 29.3 Å². The van der Waals surface area contributed by atoms with E-state index in [-0.39, 0.29) is 12.6 Å². The SMILES string of the molecule is COc1cc(C(=O)N2CO[C@](CCN3CCC(O)(c4ccncc4)CC3)(c3ccc(Cl)c(Cl)c3)C2)cc(OC)c1OC. The molecule has 224 valence electrons. The van der Waals surface area contributed by atoms with Gasteiger partial charge in [-0.25, -0.2) is 0 Å². The van der Waals surface area contributed by atoms with Crippen LogP contribution >= 0.6 is 23.2 Å². The van der Waals surface area contributed by atoms with Gasteiger partial charge in [0.1, 0.15) is 12.3 Å². The average Bonchev–Trinajstić information content (AvgIpc) is 3.47. The first-order valence-electron chi connectivity index (χ1n) is 13.8. The predicted octanol–water partition coefficient (Wildman–Crippen LogP) is 5.11. The fourth-order valence-corrected chi connectivity index (χ4v) is 6.10. The summed E-state index contributed by atoms with van der Waals surface area (Å²) >= 11 is 12.7. The lowest BCUT2D eigenvalue weighted by Crippen LogP contribution is -2.45. The van der Waals surface area contributed by atoms with Crippen molar-refractivity contribution in [3.63, 3.8) is 0 Å². The van der Waals surface area contributed by atoms with E-state index in [1.54, 1.807) is 35.5 Å². The van der Waals surface area contributed by atoms with Gasteiger partial charge in [0.15, 0.2) is 11.5 Å². The van der Waals surface area contributed by atoms with Crippen molar-refractivity contribution in [3.8, 4) is 17.2 Å². The zero-order chi connectivity index (χ0) is 29.9. The second kappa shape index (κ2) is 12.7. The minimum Gasteiger partial charge on any atom is -0.493 e. The smallest absolute Gasteiger partial charge is 0.256 e. The molecule has 1 N–H and O–H groups in total. The standard InChI is InChI=1S/C31H35Cl2N3O6/c1-39-26-16-21(17-27(40-2)28(26)41-3)29(37)36-19-31(42-20-36,23-4-5-24(32)25(33)18-23)10-15-35-13-8-30(38,9-14-35)22-6-11-34-12-7-22/h4-7,11-12,16-18,38H,8-10,13-15,19-20H2,1-3H3/t31-/m0/s1. The number of aromatic nitrogens is 1. The number of carbonyl (C=O) groups excluding carboxylic acids is 1. The summed E-state index contributed by atoms with van der Waals surface area (Å²) in [6, 6.07) is 12.5. The maximum Gasteiger partial charge on any atom is 0.256 e. The van der Waals surface area contributed by atoms with Gasteiger partial charge in [-0.15, -0.1) is 0 Å². The van der Waals surface area contributed by atoms with E-state index in [1.165, 1.54) is 21.3 Å². The Labute approximate surface area is 255 Å². The molecule has 0 spiro atoms. The Kier molecular flexibility index (Phi) is 9.15. The average molecular weight is 617 g/mol. The molecule has 0 aliphatic carbocycles. The van der Waals surface area contributed by atoms with Gasteiger partial charge >= 0.3 is 0 Å². The van der Waals surface area contributed by atoms with Crippen LogP contribution in [-0.2, 0) is 15.9 Å². The lowest BCUT2D eigenvalue weighted by atomic mass is 9.84. The first-order chi connectivity index (χ1) is 20.2. The van der Waals surface area contributed by atoms with E-state index in [0.29, 0.717) is 65.2 Å². The van der Waals surface area contributed by atoms with Crippen molar-refractivity contribution in [1.29, 1.82) is 0 Å². The monoisotopic (exact) mass is 615 g/mol. The van der Waals surface area contributed by atoms with Gasteiger partial charge in [0, 0.05) is 37.6 Å². The minimum atomic E-state index is -0.867. The summed E-state index contributed by atoms with van der Waals surface area (Å²) in [6.07, 6.45) is 5.26. The quantitative estimate of drug-likeness (QED) is 0.355. The summed E-state index contributed by atoms with van der Waals surface area (Å²) < 4.78 is 22.8. The summed E-state index contributed by atoms with van der Waals surface area (Å²) in [5, 5.41) is 12.1. The number of rotatable bonds is 9. The Morgan fingerprint density at radius 1 is 0.952 bits per heavy atom. The van der Waals surface area contributed by atoms with E-state index in [4.69, 9.17) is 42.1 Å². The van der Waals surface area contributed by atoms with Crippen LogP contribution in [0.3, 0.4) is 0 Å². The van der Waals surface area contributed by atoms with E-state index in [2.05, 4.69) is 9.88 Å². The van der Waals surface area contributed by atoms with Crippen LogP contribution in [-0.4, -0.2) is 80.0 Å². The molecule has 2 saturated heterocycles. The van der Waals surface area contributed by atoms with E-state index in [0.717, 1.165) is 24.2 Å². The molecule has 0 unspecified atom stereocenters. The highest BCUT2D eigenvalue weighted by atomic mass is 35.5. The molecule has 9 nitrogen and oxygen atoms in total. The molecule has 1 amide bonds. The molecule has 2 aliphatic rings. The molecule has 42 heavy (non-hydrogen) atoms. The Hall–Kier alpha value is -3.08. The number of ether oxygens (including phenoxy) is 4. The van der Waals surface area contributed by atoms with Gasteiger partial charge in [-0.05, 0) is 66.8 Å². The molecule has 1 aromatic heterocycles. The number of amides is 1. The number of nitrogens with zero attached hydrogens (tertiary/aromatic N) is 3. The van der Waals surface area contributed by atoms with E-state index in [9.17, 15) is 9.90 Å². The number of aliphatic hydroxyl groups is 1. The van der Waals surface area contributed by atoms with Crippen LogP contribution in [0, 0.1) is 0 Å². The molecule has 3 heterocycles. The molecule has 3 aromatic rings. The summed E-state index contributed by atoms with van der Waals surface area (Å²) in [7, 11) is 4.54. The van der Waals surface area contributed by atoms with E-state index >= 15 is 0 Å². The summed E-state index contributed by atoms with van der Waals surface area (Å²) in [5.74, 6) is 0.981. The molecule has 2 aliphatic heterocycles. The van der Waals surface area contributed by atoms with Crippen molar-refractivity contribution < 1.29 is 28.8 Å². The van der Waals surface area contributed by atoms with Crippen LogP contribution in [0.1, 0.15) is 40.7 Å². The van der Waals surface area contributed by atoms with Crippen LogP contribution in [0.15, 0.2) is 54.9 Å². The maximum atomic E-state index is 13.7. The molecule has 11 heteroatoms. The number of methoxy groups -OCH3 is 3. The van der Waals surface area contributed by atoms with Crippen molar-refractivity contribution in [2.45, 2.75) is 30.5 Å². The van der Waals surface area contributed by atoms with Gasteiger partial charge < -0.3 is 33.9 Å². The Morgan fingerprint density at radius 3 is 2.21 bits per heavy atom. The maximum absolute atomic E-state index is 13.7. The molecule has 1 atom stereocenters. The van der Waals surface area contributed by atoms with Crippen LogP contribution in [0.4, 0.5) is 0 Å². The third kappa shape index (κ3) is 6.02. The fourth-order valence-electron chi connectivity index (χ4n) is 5.80. The molecular weight excluding hydrogens is 581 g/mol. The van der Waals surface area contributed by atoms with Crippen molar-refractivity contribution in [2.75, 3.05) is 54.2 Å². The molecule has 5 rings (SSSR count). The number of hydrogen-bond donors (Lipinski definition) is 1. The van der Waals surface area contributed by atoms with Gasteiger partial charge in [0.25, 0.3) is 5.91 Å². The second-order valence-electron chi connectivity index (χ2n) is 10.7.